The summed E-state index contributed by atoms with van der Waals surface area (Å²) in [4.78, 5) is 13.2. The van der Waals surface area contributed by atoms with Gasteiger partial charge in [-0.3, -0.25) is 4.79 Å². The molecule has 0 aromatic carbocycles. The Morgan fingerprint density at radius 2 is 2.33 bits per heavy atom. The van der Waals surface area contributed by atoms with E-state index in [-0.39, 0.29) is 5.56 Å². The summed E-state index contributed by atoms with van der Waals surface area (Å²) < 4.78 is 1.57. The molecule has 0 saturated carbocycles. The largest absolute Gasteiger partial charge is 0.327 e. The number of pyridine rings is 1. The maximum absolute atomic E-state index is 10.7. The summed E-state index contributed by atoms with van der Waals surface area (Å²) in [6.45, 7) is 0. The van der Waals surface area contributed by atoms with Crippen molar-refractivity contribution in [2.75, 3.05) is 0 Å². The van der Waals surface area contributed by atoms with E-state index >= 15 is 0 Å². The average molecular weight is 162 g/mol. The molecule has 2 rings (SSSR count). The number of hydrogen-bond donors (Lipinski definition) is 1. The lowest BCUT2D eigenvalue weighted by Crippen LogP contribution is -2.04. The maximum Gasteiger partial charge on any atom is 0.248 e. The van der Waals surface area contributed by atoms with Crippen molar-refractivity contribution >= 4 is 0 Å². The molecule has 2 aromatic rings. The van der Waals surface area contributed by atoms with Gasteiger partial charge in [-0.1, -0.05) is 5.21 Å². The van der Waals surface area contributed by atoms with Crippen LogP contribution in [0.3, 0.4) is 0 Å². The van der Waals surface area contributed by atoms with Crippen molar-refractivity contribution in [1.29, 1.82) is 0 Å². The number of aromatic nitrogens is 4. The molecule has 12 heavy (non-hydrogen) atoms. The monoisotopic (exact) mass is 162 g/mol. The van der Waals surface area contributed by atoms with Gasteiger partial charge >= 0.3 is 0 Å². The average Bonchev–Trinajstić information content (AvgIpc) is 2.58. The summed E-state index contributed by atoms with van der Waals surface area (Å²) in [6, 6.07) is 3.12. The Morgan fingerprint density at radius 1 is 1.42 bits per heavy atom. The molecule has 1 N–H and O–H groups in total. The molecule has 0 aliphatic rings. The highest BCUT2D eigenvalue weighted by atomic mass is 16.1. The molecule has 0 aliphatic carbocycles. The van der Waals surface area contributed by atoms with Gasteiger partial charge in [0.15, 0.2) is 0 Å². The molecule has 5 nitrogen and oxygen atoms in total. The van der Waals surface area contributed by atoms with Crippen molar-refractivity contribution in [2.24, 2.45) is 0 Å². The van der Waals surface area contributed by atoms with E-state index < -0.39 is 0 Å². The van der Waals surface area contributed by atoms with Crippen LogP contribution in [0.2, 0.25) is 0 Å². The normalized spacial score (nSPS) is 10.0. The smallest absolute Gasteiger partial charge is 0.248 e. The molecule has 0 spiro atoms. The zero-order valence-corrected chi connectivity index (χ0v) is 6.14. The third-order valence-corrected chi connectivity index (χ3v) is 1.45. The zero-order chi connectivity index (χ0) is 8.39. The second kappa shape index (κ2) is 2.61. The summed E-state index contributed by atoms with van der Waals surface area (Å²) >= 11 is 0. The van der Waals surface area contributed by atoms with E-state index in [1.807, 2.05) is 0 Å². The first-order chi connectivity index (χ1) is 5.86. The maximum atomic E-state index is 10.7. The minimum absolute atomic E-state index is 0.126. The Bertz CT molecular complexity index is 397. The summed E-state index contributed by atoms with van der Waals surface area (Å²) in [7, 11) is 0. The minimum atomic E-state index is -0.126. The van der Waals surface area contributed by atoms with Crippen LogP contribution in [0.4, 0.5) is 0 Å². The number of hydrogen-bond acceptors (Lipinski definition) is 3. The van der Waals surface area contributed by atoms with E-state index in [0.29, 0.717) is 0 Å². The van der Waals surface area contributed by atoms with Crippen LogP contribution < -0.4 is 5.56 Å². The standard InChI is InChI=1S/C7H6N4O/c12-7-2-1-6(5-8-7)11-4-3-9-10-11/h1-5H,(H,8,12). The summed E-state index contributed by atoms with van der Waals surface area (Å²) in [5, 5.41) is 7.40. The Morgan fingerprint density at radius 3 is 2.92 bits per heavy atom. The number of H-pyrrole nitrogens is 1. The van der Waals surface area contributed by atoms with E-state index in [1.165, 1.54) is 6.07 Å². The van der Waals surface area contributed by atoms with Crippen molar-refractivity contribution in [3.8, 4) is 5.69 Å². The SMILES string of the molecule is O=c1ccc(-n2ccnn2)c[nH]1. The fourth-order valence-electron chi connectivity index (χ4n) is 0.891. The van der Waals surface area contributed by atoms with Crippen LogP contribution in [0, 0.1) is 0 Å². The van der Waals surface area contributed by atoms with E-state index in [1.54, 1.807) is 29.3 Å². The molecule has 0 bridgehead atoms. The van der Waals surface area contributed by atoms with Crippen LogP contribution in [0.1, 0.15) is 0 Å². The summed E-state index contributed by atoms with van der Waals surface area (Å²) in [5.74, 6) is 0. The fraction of sp³-hybridized carbons (Fsp3) is 0. The molecule has 60 valence electrons. The highest BCUT2D eigenvalue weighted by molar-refractivity contribution is 5.25. The van der Waals surface area contributed by atoms with Gasteiger partial charge in [0.05, 0.1) is 18.1 Å². The van der Waals surface area contributed by atoms with Crippen molar-refractivity contribution < 1.29 is 0 Å². The predicted molar refractivity (Wildman–Crippen MR) is 42.0 cm³/mol. The van der Waals surface area contributed by atoms with Crippen LogP contribution in [0.5, 0.6) is 0 Å². The molecule has 2 heterocycles. The number of rotatable bonds is 1. The molecule has 0 unspecified atom stereocenters. The number of nitrogens with one attached hydrogen (secondary N) is 1. The Hall–Kier alpha value is -1.91. The van der Waals surface area contributed by atoms with Gasteiger partial charge in [-0.15, -0.1) is 5.10 Å². The topological polar surface area (TPSA) is 63.6 Å². The van der Waals surface area contributed by atoms with Gasteiger partial charge in [0.25, 0.3) is 0 Å². The highest BCUT2D eigenvalue weighted by Crippen LogP contribution is 1.98. The molecule has 0 amide bonds. The van der Waals surface area contributed by atoms with Gasteiger partial charge in [-0.25, -0.2) is 4.68 Å². The summed E-state index contributed by atoms with van der Waals surface area (Å²) in [5.41, 5.74) is 0.658. The van der Waals surface area contributed by atoms with Crippen LogP contribution in [-0.4, -0.2) is 20.0 Å². The van der Waals surface area contributed by atoms with Crippen LogP contribution in [0.25, 0.3) is 5.69 Å². The zero-order valence-electron chi connectivity index (χ0n) is 6.14. The van der Waals surface area contributed by atoms with Gasteiger partial charge < -0.3 is 4.98 Å². The minimum Gasteiger partial charge on any atom is -0.327 e. The lowest BCUT2D eigenvalue weighted by molar-refractivity contribution is 0.798. The van der Waals surface area contributed by atoms with Crippen LogP contribution >= 0.6 is 0 Å². The molecule has 0 aliphatic heterocycles. The van der Waals surface area contributed by atoms with Crippen molar-refractivity contribution in [2.45, 2.75) is 0 Å². The van der Waals surface area contributed by atoms with E-state index in [9.17, 15) is 4.79 Å². The summed E-state index contributed by atoms with van der Waals surface area (Å²) in [6.07, 6.45) is 4.86. The second-order valence-corrected chi connectivity index (χ2v) is 2.26. The van der Waals surface area contributed by atoms with Gasteiger partial charge in [-0.05, 0) is 6.07 Å². The number of aromatic amines is 1. The lowest BCUT2D eigenvalue weighted by atomic mass is 10.4. The first-order valence-corrected chi connectivity index (χ1v) is 3.42. The highest BCUT2D eigenvalue weighted by Gasteiger charge is 1.94. The van der Waals surface area contributed by atoms with E-state index in [2.05, 4.69) is 15.3 Å². The van der Waals surface area contributed by atoms with Gasteiger partial charge in [-0.2, -0.15) is 0 Å². The first-order valence-electron chi connectivity index (χ1n) is 3.42. The van der Waals surface area contributed by atoms with Gasteiger partial charge in [0.2, 0.25) is 5.56 Å². The third-order valence-electron chi connectivity index (χ3n) is 1.45. The second-order valence-electron chi connectivity index (χ2n) is 2.26. The Labute approximate surface area is 67.7 Å². The molecule has 0 radical (unpaired) electrons. The van der Waals surface area contributed by atoms with Gasteiger partial charge in [0, 0.05) is 12.3 Å². The van der Waals surface area contributed by atoms with E-state index in [0.717, 1.165) is 5.69 Å². The molecule has 5 heteroatoms. The predicted octanol–water partition coefficient (Wildman–Crippen LogP) is -0.0444. The van der Waals surface area contributed by atoms with Crippen molar-refractivity contribution in [3.05, 3.63) is 41.1 Å². The van der Waals surface area contributed by atoms with Crippen molar-refractivity contribution in [3.63, 3.8) is 0 Å². The fourth-order valence-corrected chi connectivity index (χ4v) is 0.891. The lowest BCUT2D eigenvalue weighted by Gasteiger charge is -1.96. The first kappa shape index (κ1) is 6.78. The Kier molecular flexibility index (Phi) is 1.48. The van der Waals surface area contributed by atoms with Crippen LogP contribution in [0.15, 0.2) is 35.5 Å². The van der Waals surface area contributed by atoms with Gasteiger partial charge in [0.1, 0.15) is 0 Å². The molecule has 2 aromatic heterocycles. The molecular formula is C7H6N4O. The van der Waals surface area contributed by atoms with E-state index in [4.69, 9.17) is 0 Å². The quantitative estimate of drug-likeness (QED) is 0.639. The molecule has 0 saturated heterocycles. The van der Waals surface area contributed by atoms with Crippen molar-refractivity contribution in [1.82, 2.24) is 20.0 Å². The third kappa shape index (κ3) is 1.12. The Balaban J connectivity index is 2.49. The van der Waals surface area contributed by atoms with Crippen LogP contribution in [-0.2, 0) is 0 Å². The molecule has 0 fully saturated rings. The molecular weight excluding hydrogens is 156 g/mol. The molecule has 0 atom stereocenters. The number of nitrogens with zero attached hydrogens (tertiary/aromatic N) is 3.